The molecule has 0 radical (unpaired) electrons. The van der Waals surface area contributed by atoms with Crippen molar-refractivity contribution >= 4 is 5.91 Å². The molecule has 5 heteroatoms. The summed E-state index contributed by atoms with van der Waals surface area (Å²) in [5.41, 5.74) is 0.0531. The fourth-order valence-corrected chi connectivity index (χ4v) is 3.15. The minimum atomic E-state index is -0.0364. The minimum absolute atomic E-state index is 0.0364. The number of nitrogens with zero attached hydrogens (tertiary/aromatic N) is 2. The van der Waals surface area contributed by atoms with Crippen LogP contribution in [0.2, 0.25) is 0 Å². The first-order valence-corrected chi connectivity index (χ1v) is 7.40. The van der Waals surface area contributed by atoms with Crippen LogP contribution in [0.5, 0.6) is 0 Å². The summed E-state index contributed by atoms with van der Waals surface area (Å²) in [7, 11) is 0. The molecule has 2 fully saturated rings. The van der Waals surface area contributed by atoms with Crippen LogP contribution in [0.15, 0.2) is 0 Å². The lowest BCUT2D eigenvalue weighted by Crippen LogP contribution is -2.59. The third kappa shape index (κ3) is 3.46. The zero-order chi connectivity index (χ0) is 13.9. The highest BCUT2D eigenvalue weighted by Gasteiger charge is 2.39. The molecule has 0 aromatic carbocycles. The number of hydrogen-bond acceptors (Lipinski definition) is 4. The Morgan fingerprint density at radius 1 is 1.32 bits per heavy atom. The van der Waals surface area contributed by atoms with Crippen LogP contribution in [0.4, 0.5) is 0 Å². The van der Waals surface area contributed by atoms with E-state index in [9.17, 15) is 4.79 Å². The Hall–Kier alpha value is -0.650. The van der Waals surface area contributed by atoms with Gasteiger partial charge in [-0.15, -0.1) is 0 Å². The molecule has 2 aliphatic rings. The molecule has 1 unspecified atom stereocenters. The third-order valence-electron chi connectivity index (χ3n) is 4.47. The Morgan fingerprint density at radius 2 is 2.00 bits per heavy atom. The van der Waals surface area contributed by atoms with Gasteiger partial charge in [-0.1, -0.05) is 13.8 Å². The Kier molecular flexibility index (Phi) is 4.81. The number of piperidine rings is 1. The molecule has 0 saturated carbocycles. The average molecular weight is 269 g/mol. The van der Waals surface area contributed by atoms with Crippen molar-refractivity contribution in [1.82, 2.24) is 15.1 Å². The number of nitrogens with one attached hydrogen (secondary N) is 1. The molecule has 0 spiro atoms. The SMILES string of the molecule is CC1(C)CCCNC1C(=O)N1CCN(CCO)CC1. The lowest BCUT2D eigenvalue weighted by molar-refractivity contribution is -0.139. The Bertz CT molecular complexity index is 312. The number of rotatable bonds is 3. The normalized spacial score (nSPS) is 28.4. The van der Waals surface area contributed by atoms with Crippen LogP contribution in [0.25, 0.3) is 0 Å². The molecule has 2 N–H and O–H groups in total. The number of β-amino-alcohol motifs (C(OH)–C–C–N with tert-alkyl or cyclic N) is 1. The van der Waals surface area contributed by atoms with Gasteiger partial charge in [0.15, 0.2) is 0 Å². The summed E-state index contributed by atoms with van der Waals surface area (Å²) in [6.07, 6.45) is 2.27. The fraction of sp³-hybridized carbons (Fsp3) is 0.929. The smallest absolute Gasteiger partial charge is 0.240 e. The van der Waals surface area contributed by atoms with Crippen molar-refractivity contribution in [1.29, 1.82) is 0 Å². The second kappa shape index (κ2) is 6.20. The predicted molar refractivity (Wildman–Crippen MR) is 74.9 cm³/mol. The lowest BCUT2D eigenvalue weighted by atomic mass is 9.77. The van der Waals surface area contributed by atoms with E-state index < -0.39 is 0 Å². The zero-order valence-electron chi connectivity index (χ0n) is 12.2. The topological polar surface area (TPSA) is 55.8 Å². The monoisotopic (exact) mass is 269 g/mol. The number of amides is 1. The summed E-state index contributed by atoms with van der Waals surface area (Å²) in [5, 5.41) is 12.3. The van der Waals surface area contributed by atoms with E-state index >= 15 is 0 Å². The van der Waals surface area contributed by atoms with Crippen molar-refractivity contribution < 1.29 is 9.90 Å². The molecular formula is C14H27N3O2. The maximum atomic E-state index is 12.6. The molecule has 0 bridgehead atoms. The molecule has 1 amide bonds. The fourth-order valence-electron chi connectivity index (χ4n) is 3.15. The second-order valence-corrected chi connectivity index (χ2v) is 6.37. The van der Waals surface area contributed by atoms with E-state index in [0.29, 0.717) is 0 Å². The number of hydrogen-bond donors (Lipinski definition) is 2. The highest BCUT2D eigenvalue weighted by molar-refractivity contribution is 5.83. The molecule has 2 heterocycles. The van der Waals surface area contributed by atoms with E-state index in [1.807, 2.05) is 4.90 Å². The number of piperazine rings is 1. The van der Waals surface area contributed by atoms with E-state index in [-0.39, 0.29) is 24.0 Å². The average Bonchev–Trinajstić information content (AvgIpc) is 2.39. The summed E-state index contributed by atoms with van der Waals surface area (Å²) in [6, 6.07) is -0.0364. The molecule has 2 aliphatic heterocycles. The van der Waals surface area contributed by atoms with Crippen LogP contribution in [-0.2, 0) is 4.79 Å². The first-order valence-electron chi connectivity index (χ1n) is 7.40. The standard InChI is InChI=1S/C14H27N3O2/c1-14(2)4-3-5-15-12(14)13(19)17-8-6-16(7-9-17)10-11-18/h12,15,18H,3-11H2,1-2H3. The van der Waals surface area contributed by atoms with Gasteiger partial charge < -0.3 is 15.3 Å². The van der Waals surface area contributed by atoms with Crippen LogP contribution in [0.3, 0.4) is 0 Å². The number of aliphatic hydroxyl groups is 1. The van der Waals surface area contributed by atoms with Gasteiger partial charge in [-0.3, -0.25) is 9.69 Å². The van der Waals surface area contributed by atoms with Crippen LogP contribution in [0.1, 0.15) is 26.7 Å². The summed E-state index contributed by atoms with van der Waals surface area (Å²) in [4.78, 5) is 16.8. The summed E-state index contributed by atoms with van der Waals surface area (Å²) in [5.74, 6) is 0.258. The molecule has 5 nitrogen and oxygen atoms in total. The van der Waals surface area contributed by atoms with Crippen LogP contribution in [0, 0.1) is 5.41 Å². The first-order chi connectivity index (χ1) is 9.04. The highest BCUT2D eigenvalue weighted by atomic mass is 16.3. The van der Waals surface area contributed by atoms with Gasteiger partial charge in [-0.05, 0) is 24.8 Å². The first kappa shape index (κ1) is 14.8. The van der Waals surface area contributed by atoms with Gasteiger partial charge in [0.05, 0.1) is 12.6 Å². The van der Waals surface area contributed by atoms with E-state index in [4.69, 9.17) is 5.11 Å². The molecule has 0 aromatic rings. The van der Waals surface area contributed by atoms with Gasteiger partial charge in [0.2, 0.25) is 5.91 Å². The van der Waals surface area contributed by atoms with Crippen LogP contribution < -0.4 is 5.32 Å². The molecule has 1 atom stereocenters. The number of carbonyl (C=O) groups is 1. The summed E-state index contributed by atoms with van der Waals surface area (Å²) >= 11 is 0. The Balaban J connectivity index is 1.90. The van der Waals surface area contributed by atoms with E-state index in [1.165, 1.54) is 0 Å². The molecule has 110 valence electrons. The van der Waals surface area contributed by atoms with Gasteiger partial charge in [0.1, 0.15) is 0 Å². The van der Waals surface area contributed by atoms with Crippen LogP contribution >= 0.6 is 0 Å². The van der Waals surface area contributed by atoms with Gasteiger partial charge in [0, 0.05) is 32.7 Å². The maximum absolute atomic E-state index is 12.6. The number of carbonyl (C=O) groups excluding carboxylic acids is 1. The Labute approximate surface area is 115 Å². The minimum Gasteiger partial charge on any atom is -0.395 e. The highest BCUT2D eigenvalue weighted by Crippen LogP contribution is 2.31. The van der Waals surface area contributed by atoms with Crippen molar-refractivity contribution in [3.8, 4) is 0 Å². The molecule has 0 aromatic heterocycles. The summed E-state index contributed by atoms with van der Waals surface area (Å²) < 4.78 is 0. The molecule has 2 rings (SSSR count). The van der Waals surface area contributed by atoms with Crippen molar-refractivity contribution in [2.24, 2.45) is 5.41 Å². The van der Waals surface area contributed by atoms with Crippen molar-refractivity contribution in [3.63, 3.8) is 0 Å². The largest absolute Gasteiger partial charge is 0.395 e. The molecule has 19 heavy (non-hydrogen) atoms. The maximum Gasteiger partial charge on any atom is 0.240 e. The van der Waals surface area contributed by atoms with Crippen molar-refractivity contribution in [2.45, 2.75) is 32.7 Å². The summed E-state index contributed by atoms with van der Waals surface area (Å²) in [6.45, 7) is 9.55. The van der Waals surface area contributed by atoms with E-state index in [2.05, 4.69) is 24.1 Å². The van der Waals surface area contributed by atoms with Crippen molar-refractivity contribution in [2.75, 3.05) is 45.9 Å². The quantitative estimate of drug-likeness (QED) is 0.751. The second-order valence-electron chi connectivity index (χ2n) is 6.37. The zero-order valence-corrected chi connectivity index (χ0v) is 12.2. The van der Waals surface area contributed by atoms with Crippen molar-refractivity contribution in [3.05, 3.63) is 0 Å². The molecule has 2 saturated heterocycles. The van der Waals surface area contributed by atoms with Gasteiger partial charge in [-0.25, -0.2) is 0 Å². The Morgan fingerprint density at radius 3 is 2.58 bits per heavy atom. The van der Waals surface area contributed by atoms with Gasteiger partial charge in [-0.2, -0.15) is 0 Å². The van der Waals surface area contributed by atoms with Crippen LogP contribution in [-0.4, -0.2) is 72.7 Å². The van der Waals surface area contributed by atoms with E-state index in [0.717, 1.165) is 52.1 Å². The number of aliphatic hydroxyl groups excluding tert-OH is 1. The van der Waals surface area contributed by atoms with Gasteiger partial charge >= 0.3 is 0 Å². The van der Waals surface area contributed by atoms with Gasteiger partial charge in [0.25, 0.3) is 0 Å². The lowest BCUT2D eigenvalue weighted by Gasteiger charge is -2.43. The van der Waals surface area contributed by atoms with E-state index in [1.54, 1.807) is 0 Å². The molecular weight excluding hydrogens is 242 g/mol. The third-order valence-corrected chi connectivity index (χ3v) is 4.47. The molecule has 0 aliphatic carbocycles. The predicted octanol–water partition coefficient (Wildman–Crippen LogP) is -0.0989.